The highest BCUT2D eigenvalue weighted by molar-refractivity contribution is 5.83. The zero-order chi connectivity index (χ0) is 22.9. The van der Waals surface area contributed by atoms with Crippen molar-refractivity contribution in [3.8, 4) is 11.1 Å². The molecule has 2 aromatic rings. The maximum absolute atomic E-state index is 12.1. The Kier molecular flexibility index (Phi) is 8.25. The van der Waals surface area contributed by atoms with Gasteiger partial charge in [-0.1, -0.05) is 61.9 Å². The van der Waals surface area contributed by atoms with Gasteiger partial charge in [0.15, 0.2) is 0 Å². The zero-order valence-corrected chi connectivity index (χ0v) is 18.3. The SMILES string of the molecule is CCC[C@@H](NC(=O)CCCCNC(=O)OCC1c2ccccc2-c2ccccc21)C(=O)O. The molecule has 1 aliphatic rings. The van der Waals surface area contributed by atoms with E-state index >= 15 is 0 Å². The summed E-state index contributed by atoms with van der Waals surface area (Å²) in [6, 6.07) is 15.5. The summed E-state index contributed by atoms with van der Waals surface area (Å²) in [5.41, 5.74) is 4.68. The number of carbonyl (C=O) groups is 3. The summed E-state index contributed by atoms with van der Waals surface area (Å²) in [6.45, 7) is 2.52. The van der Waals surface area contributed by atoms with E-state index in [1.165, 1.54) is 11.1 Å². The first-order valence-corrected chi connectivity index (χ1v) is 11.1. The van der Waals surface area contributed by atoms with Gasteiger partial charge in [0.25, 0.3) is 0 Å². The van der Waals surface area contributed by atoms with Gasteiger partial charge in [-0.25, -0.2) is 9.59 Å². The standard InChI is InChI=1S/C25H30N2O5/c1-2-9-22(24(29)30)27-23(28)14-7-8-15-26-25(31)32-16-21-19-12-5-3-10-17(19)18-11-4-6-13-20(18)21/h3-6,10-13,21-22H,2,7-9,14-16H2,1H3,(H,26,31)(H,27,28)(H,29,30)/t22-/m1/s1. The average molecular weight is 439 g/mol. The Balaban J connectivity index is 1.38. The van der Waals surface area contributed by atoms with Crippen LogP contribution >= 0.6 is 0 Å². The normalized spacial score (nSPS) is 13.0. The third-order valence-electron chi connectivity index (χ3n) is 5.65. The van der Waals surface area contributed by atoms with E-state index in [-0.39, 0.29) is 24.9 Å². The van der Waals surface area contributed by atoms with Crippen LogP contribution in [0, 0.1) is 0 Å². The van der Waals surface area contributed by atoms with Crippen LogP contribution < -0.4 is 10.6 Å². The number of alkyl carbamates (subject to hydrolysis) is 1. The van der Waals surface area contributed by atoms with E-state index in [2.05, 4.69) is 34.9 Å². The number of fused-ring (bicyclic) bond motifs is 3. The maximum Gasteiger partial charge on any atom is 0.407 e. The first kappa shape index (κ1) is 23.3. The monoisotopic (exact) mass is 438 g/mol. The molecule has 7 nitrogen and oxygen atoms in total. The molecule has 7 heteroatoms. The van der Waals surface area contributed by atoms with Gasteiger partial charge < -0.3 is 20.5 Å². The Bertz CT molecular complexity index is 913. The van der Waals surface area contributed by atoms with Crippen molar-refractivity contribution in [2.45, 2.75) is 51.0 Å². The molecule has 1 aliphatic carbocycles. The molecule has 170 valence electrons. The Labute approximate surface area is 188 Å². The van der Waals surface area contributed by atoms with Crippen LogP contribution in [0.3, 0.4) is 0 Å². The Morgan fingerprint density at radius 3 is 2.22 bits per heavy atom. The largest absolute Gasteiger partial charge is 0.480 e. The summed E-state index contributed by atoms with van der Waals surface area (Å²) in [7, 11) is 0. The zero-order valence-electron chi connectivity index (χ0n) is 18.3. The summed E-state index contributed by atoms with van der Waals surface area (Å²) >= 11 is 0. The van der Waals surface area contributed by atoms with Gasteiger partial charge in [-0.05, 0) is 41.5 Å². The highest BCUT2D eigenvalue weighted by Gasteiger charge is 2.28. The van der Waals surface area contributed by atoms with Crippen molar-refractivity contribution in [1.29, 1.82) is 0 Å². The lowest BCUT2D eigenvalue weighted by Gasteiger charge is -2.15. The number of carbonyl (C=O) groups excluding carboxylic acids is 2. The van der Waals surface area contributed by atoms with E-state index in [0.717, 1.165) is 11.1 Å². The van der Waals surface area contributed by atoms with Crippen molar-refractivity contribution in [3.05, 3.63) is 59.7 Å². The van der Waals surface area contributed by atoms with Gasteiger partial charge in [-0.3, -0.25) is 4.79 Å². The first-order chi connectivity index (χ1) is 15.5. The summed E-state index contributed by atoms with van der Waals surface area (Å²) < 4.78 is 5.48. The predicted octanol–water partition coefficient (Wildman–Crippen LogP) is 4.06. The smallest absolute Gasteiger partial charge is 0.407 e. The van der Waals surface area contributed by atoms with Crippen molar-refractivity contribution < 1.29 is 24.2 Å². The summed E-state index contributed by atoms with van der Waals surface area (Å²) in [4.78, 5) is 35.1. The van der Waals surface area contributed by atoms with Gasteiger partial charge in [0, 0.05) is 18.9 Å². The Morgan fingerprint density at radius 2 is 1.62 bits per heavy atom. The number of hydrogen-bond donors (Lipinski definition) is 3. The molecule has 32 heavy (non-hydrogen) atoms. The fourth-order valence-electron chi connectivity index (χ4n) is 4.06. The Morgan fingerprint density at radius 1 is 1.00 bits per heavy atom. The number of nitrogens with one attached hydrogen (secondary N) is 2. The fourth-order valence-corrected chi connectivity index (χ4v) is 4.06. The molecule has 0 aromatic heterocycles. The van der Waals surface area contributed by atoms with E-state index in [9.17, 15) is 14.4 Å². The molecule has 0 fully saturated rings. The molecule has 0 bridgehead atoms. The van der Waals surface area contributed by atoms with Crippen LogP contribution in [0.15, 0.2) is 48.5 Å². The van der Waals surface area contributed by atoms with Crippen LogP contribution in [0.2, 0.25) is 0 Å². The lowest BCUT2D eigenvalue weighted by atomic mass is 9.98. The van der Waals surface area contributed by atoms with Crippen molar-refractivity contribution in [1.82, 2.24) is 10.6 Å². The summed E-state index contributed by atoms with van der Waals surface area (Å²) in [5, 5.41) is 14.3. The van der Waals surface area contributed by atoms with E-state index in [1.807, 2.05) is 31.2 Å². The number of aliphatic carboxylic acids is 1. The van der Waals surface area contributed by atoms with Gasteiger partial charge in [0.1, 0.15) is 12.6 Å². The van der Waals surface area contributed by atoms with E-state index in [4.69, 9.17) is 9.84 Å². The molecule has 2 aromatic carbocycles. The third kappa shape index (κ3) is 5.87. The van der Waals surface area contributed by atoms with Crippen molar-refractivity contribution in [3.63, 3.8) is 0 Å². The molecule has 3 N–H and O–H groups in total. The number of rotatable bonds is 11. The fraction of sp³-hybridized carbons (Fsp3) is 0.400. The molecule has 1 atom stereocenters. The minimum atomic E-state index is -1.02. The number of carboxylic acids is 1. The van der Waals surface area contributed by atoms with Crippen LogP contribution in [-0.4, -0.2) is 42.3 Å². The molecule has 0 radical (unpaired) electrons. The molecule has 0 saturated carbocycles. The van der Waals surface area contributed by atoms with Crippen molar-refractivity contribution in [2.75, 3.05) is 13.2 Å². The van der Waals surface area contributed by atoms with Gasteiger partial charge in [0.2, 0.25) is 5.91 Å². The predicted molar refractivity (Wildman–Crippen MR) is 121 cm³/mol. The summed E-state index contributed by atoms with van der Waals surface area (Å²) in [5.74, 6) is -1.29. The maximum atomic E-state index is 12.1. The third-order valence-corrected chi connectivity index (χ3v) is 5.65. The molecule has 2 amide bonds. The number of hydrogen-bond acceptors (Lipinski definition) is 4. The van der Waals surface area contributed by atoms with Crippen molar-refractivity contribution in [2.24, 2.45) is 0 Å². The van der Waals surface area contributed by atoms with Gasteiger partial charge in [-0.15, -0.1) is 0 Å². The second kappa shape index (κ2) is 11.3. The van der Waals surface area contributed by atoms with Crippen LogP contribution in [0.5, 0.6) is 0 Å². The summed E-state index contributed by atoms with van der Waals surface area (Å²) in [6.07, 6.45) is 1.98. The number of benzene rings is 2. The molecular formula is C25H30N2O5. The van der Waals surface area contributed by atoms with Gasteiger partial charge in [-0.2, -0.15) is 0 Å². The van der Waals surface area contributed by atoms with Crippen LogP contribution in [-0.2, 0) is 14.3 Å². The van der Waals surface area contributed by atoms with Gasteiger partial charge >= 0.3 is 12.1 Å². The first-order valence-electron chi connectivity index (χ1n) is 11.1. The van der Waals surface area contributed by atoms with Crippen molar-refractivity contribution >= 4 is 18.0 Å². The lowest BCUT2D eigenvalue weighted by Crippen LogP contribution is -2.40. The van der Waals surface area contributed by atoms with Gasteiger partial charge in [0.05, 0.1) is 0 Å². The molecular weight excluding hydrogens is 408 g/mol. The molecule has 0 saturated heterocycles. The number of carboxylic acid groups (broad SMARTS) is 1. The number of unbranched alkanes of at least 4 members (excludes halogenated alkanes) is 1. The van der Waals surface area contributed by atoms with Crippen LogP contribution in [0.25, 0.3) is 11.1 Å². The highest BCUT2D eigenvalue weighted by Crippen LogP contribution is 2.44. The molecule has 0 aliphatic heterocycles. The molecule has 3 rings (SSSR count). The highest BCUT2D eigenvalue weighted by atomic mass is 16.5. The number of amides is 2. The quantitative estimate of drug-likeness (QED) is 0.459. The van der Waals surface area contributed by atoms with Crippen LogP contribution in [0.1, 0.15) is 56.1 Å². The Hall–Kier alpha value is -3.35. The minimum Gasteiger partial charge on any atom is -0.480 e. The molecule has 0 heterocycles. The lowest BCUT2D eigenvalue weighted by molar-refractivity contribution is -0.142. The molecule has 0 spiro atoms. The number of ether oxygens (including phenoxy) is 1. The van der Waals surface area contributed by atoms with E-state index in [1.54, 1.807) is 0 Å². The van der Waals surface area contributed by atoms with E-state index in [0.29, 0.717) is 32.2 Å². The topological polar surface area (TPSA) is 105 Å². The second-order valence-electron chi connectivity index (χ2n) is 7.96. The average Bonchev–Trinajstić information content (AvgIpc) is 3.11. The van der Waals surface area contributed by atoms with E-state index < -0.39 is 18.1 Å². The second-order valence-corrected chi connectivity index (χ2v) is 7.96. The minimum absolute atomic E-state index is 0.0159. The molecule has 0 unspecified atom stereocenters. The van der Waals surface area contributed by atoms with Crippen LogP contribution in [0.4, 0.5) is 4.79 Å².